The number of carbonyl (C=O) groups is 2. The number of benzene rings is 1. The molecule has 0 bridgehead atoms. The van der Waals surface area contributed by atoms with Crippen molar-refractivity contribution in [3.63, 3.8) is 0 Å². The molecule has 118 valence electrons. The number of likely N-dealkylation sites (tertiary alicyclic amines) is 1. The first-order chi connectivity index (χ1) is 10.6. The quantitative estimate of drug-likeness (QED) is 0.932. The van der Waals surface area contributed by atoms with E-state index in [1.54, 1.807) is 18.2 Å². The number of carbonyl (C=O) groups excluding carboxylic acids is 1. The molecule has 0 spiro atoms. The molecule has 1 aliphatic carbocycles. The van der Waals surface area contributed by atoms with E-state index < -0.39 is 5.97 Å². The summed E-state index contributed by atoms with van der Waals surface area (Å²) in [6.45, 7) is 1.59. The van der Waals surface area contributed by atoms with E-state index in [1.807, 2.05) is 11.0 Å². The number of carboxylic acids is 1. The average molecular weight is 301 g/mol. The zero-order valence-corrected chi connectivity index (χ0v) is 12.8. The van der Waals surface area contributed by atoms with E-state index >= 15 is 0 Å². The summed E-state index contributed by atoms with van der Waals surface area (Å²) in [6, 6.07) is 7.17. The molecule has 2 aliphatic rings. The molecule has 1 amide bonds. The lowest BCUT2D eigenvalue weighted by atomic mass is 9.89. The van der Waals surface area contributed by atoms with Crippen LogP contribution in [0.3, 0.4) is 0 Å². The Kier molecular flexibility index (Phi) is 4.46. The molecular formula is C18H23NO3. The van der Waals surface area contributed by atoms with Gasteiger partial charge in [0.05, 0.1) is 5.56 Å². The van der Waals surface area contributed by atoms with Crippen LogP contribution in [0.5, 0.6) is 0 Å². The van der Waals surface area contributed by atoms with Crippen molar-refractivity contribution in [1.29, 1.82) is 0 Å². The fourth-order valence-corrected chi connectivity index (χ4v) is 3.81. The van der Waals surface area contributed by atoms with Crippen molar-refractivity contribution < 1.29 is 14.7 Å². The third-order valence-electron chi connectivity index (χ3n) is 5.04. The van der Waals surface area contributed by atoms with E-state index in [4.69, 9.17) is 5.11 Å². The molecule has 0 radical (unpaired) electrons. The van der Waals surface area contributed by atoms with E-state index in [0.29, 0.717) is 11.5 Å². The summed E-state index contributed by atoms with van der Waals surface area (Å²) in [6.07, 6.45) is 6.45. The first kappa shape index (κ1) is 15.1. The van der Waals surface area contributed by atoms with Crippen LogP contribution in [0.4, 0.5) is 0 Å². The van der Waals surface area contributed by atoms with Gasteiger partial charge < -0.3 is 10.0 Å². The van der Waals surface area contributed by atoms with Gasteiger partial charge in [0.2, 0.25) is 5.91 Å². The monoisotopic (exact) mass is 301 g/mol. The zero-order valence-electron chi connectivity index (χ0n) is 12.8. The third kappa shape index (κ3) is 3.16. The largest absolute Gasteiger partial charge is 0.478 e. The molecule has 0 aromatic heterocycles. The summed E-state index contributed by atoms with van der Waals surface area (Å²) in [5, 5.41) is 9.13. The molecule has 1 aromatic carbocycles. The van der Waals surface area contributed by atoms with Gasteiger partial charge in [0.25, 0.3) is 0 Å². The molecule has 1 heterocycles. The van der Waals surface area contributed by atoms with Crippen molar-refractivity contribution >= 4 is 11.9 Å². The van der Waals surface area contributed by atoms with Gasteiger partial charge in [0.1, 0.15) is 0 Å². The van der Waals surface area contributed by atoms with Crippen molar-refractivity contribution in [3.8, 4) is 0 Å². The van der Waals surface area contributed by atoms with E-state index in [9.17, 15) is 9.59 Å². The molecule has 1 atom stereocenters. The van der Waals surface area contributed by atoms with Gasteiger partial charge >= 0.3 is 5.97 Å². The van der Waals surface area contributed by atoms with Crippen LogP contribution >= 0.6 is 0 Å². The molecule has 1 aliphatic heterocycles. The third-order valence-corrected chi connectivity index (χ3v) is 5.04. The van der Waals surface area contributed by atoms with Gasteiger partial charge in [-0.2, -0.15) is 0 Å². The van der Waals surface area contributed by atoms with Gasteiger partial charge in [-0.1, -0.05) is 25.0 Å². The number of amides is 1. The van der Waals surface area contributed by atoms with Crippen LogP contribution in [-0.4, -0.2) is 35.0 Å². The smallest absolute Gasteiger partial charge is 0.335 e. The highest BCUT2D eigenvalue weighted by molar-refractivity contribution is 5.87. The number of nitrogens with zero attached hydrogens (tertiary/aromatic N) is 1. The van der Waals surface area contributed by atoms with Crippen molar-refractivity contribution in [2.75, 3.05) is 13.1 Å². The zero-order chi connectivity index (χ0) is 15.5. The standard InChI is InChI=1S/C18H23NO3/c20-17(13-5-1-2-6-13)19-10-4-9-16(12-19)14-7-3-8-15(11-14)18(21)22/h3,7-8,11,13,16H,1-2,4-6,9-10,12H2,(H,21,22)/t16-/m1/s1. The Bertz CT molecular complexity index is 563. The van der Waals surface area contributed by atoms with Crippen LogP contribution in [0, 0.1) is 5.92 Å². The predicted molar refractivity (Wildman–Crippen MR) is 83.9 cm³/mol. The fraction of sp³-hybridized carbons (Fsp3) is 0.556. The minimum Gasteiger partial charge on any atom is -0.478 e. The van der Waals surface area contributed by atoms with Crippen LogP contribution in [0.2, 0.25) is 0 Å². The summed E-state index contributed by atoms with van der Waals surface area (Å²) in [5.74, 6) is -0.0874. The molecular weight excluding hydrogens is 278 g/mol. The Morgan fingerprint density at radius 2 is 1.86 bits per heavy atom. The van der Waals surface area contributed by atoms with Gasteiger partial charge in [-0.25, -0.2) is 4.79 Å². The Morgan fingerprint density at radius 1 is 1.09 bits per heavy atom. The van der Waals surface area contributed by atoms with Crippen molar-refractivity contribution in [3.05, 3.63) is 35.4 Å². The van der Waals surface area contributed by atoms with Crippen LogP contribution < -0.4 is 0 Å². The summed E-state index contributed by atoms with van der Waals surface area (Å²) in [7, 11) is 0. The summed E-state index contributed by atoms with van der Waals surface area (Å²) < 4.78 is 0. The molecule has 3 rings (SSSR count). The Labute approximate surface area is 131 Å². The molecule has 1 N–H and O–H groups in total. The minimum atomic E-state index is -0.892. The molecule has 2 fully saturated rings. The molecule has 1 saturated carbocycles. The van der Waals surface area contributed by atoms with E-state index in [2.05, 4.69) is 0 Å². The van der Waals surface area contributed by atoms with E-state index in [0.717, 1.165) is 44.3 Å². The first-order valence-corrected chi connectivity index (χ1v) is 8.27. The molecule has 0 unspecified atom stereocenters. The maximum atomic E-state index is 12.6. The number of hydrogen-bond acceptors (Lipinski definition) is 2. The number of aromatic carboxylic acids is 1. The maximum absolute atomic E-state index is 12.6. The second-order valence-electron chi connectivity index (χ2n) is 6.54. The van der Waals surface area contributed by atoms with Crippen molar-refractivity contribution in [1.82, 2.24) is 4.90 Å². The second-order valence-corrected chi connectivity index (χ2v) is 6.54. The Balaban J connectivity index is 1.71. The highest BCUT2D eigenvalue weighted by Gasteiger charge is 2.31. The predicted octanol–water partition coefficient (Wildman–Crippen LogP) is 3.28. The van der Waals surface area contributed by atoms with Crippen molar-refractivity contribution in [2.24, 2.45) is 5.92 Å². The normalized spacial score (nSPS) is 22.7. The molecule has 4 heteroatoms. The summed E-state index contributed by atoms with van der Waals surface area (Å²) >= 11 is 0. The van der Waals surface area contributed by atoms with Gasteiger partial charge in [-0.3, -0.25) is 4.79 Å². The van der Waals surface area contributed by atoms with Gasteiger partial charge in [-0.05, 0) is 43.4 Å². The van der Waals surface area contributed by atoms with Gasteiger partial charge in [0.15, 0.2) is 0 Å². The van der Waals surface area contributed by atoms with Crippen LogP contribution in [0.15, 0.2) is 24.3 Å². The number of piperidine rings is 1. The number of hydrogen-bond donors (Lipinski definition) is 1. The topological polar surface area (TPSA) is 57.6 Å². The lowest BCUT2D eigenvalue weighted by Gasteiger charge is -2.34. The van der Waals surface area contributed by atoms with Crippen LogP contribution in [0.1, 0.15) is 60.4 Å². The second kappa shape index (κ2) is 6.51. The maximum Gasteiger partial charge on any atom is 0.335 e. The lowest BCUT2D eigenvalue weighted by molar-refractivity contribution is -0.136. The summed E-state index contributed by atoms with van der Waals surface area (Å²) in [5.41, 5.74) is 1.38. The van der Waals surface area contributed by atoms with Gasteiger partial charge in [-0.15, -0.1) is 0 Å². The molecule has 22 heavy (non-hydrogen) atoms. The van der Waals surface area contributed by atoms with E-state index in [1.165, 1.54) is 12.8 Å². The van der Waals surface area contributed by atoms with Crippen molar-refractivity contribution in [2.45, 2.75) is 44.4 Å². The van der Waals surface area contributed by atoms with Gasteiger partial charge in [0, 0.05) is 24.9 Å². The SMILES string of the molecule is O=C(O)c1cccc([C@@H]2CCCN(C(=O)C3CCCC3)C2)c1. The fourth-order valence-electron chi connectivity index (χ4n) is 3.81. The average Bonchev–Trinajstić information content (AvgIpc) is 3.09. The Hall–Kier alpha value is -1.84. The minimum absolute atomic E-state index is 0.226. The number of carboxylic acid groups (broad SMARTS) is 1. The van der Waals surface area contributed by atoms with E-state index in [-0.39, 0.29) is 11.8 Å². The summed E-state index contributed by atoms with van der Waals surface area (Å²) in [4.78, 5) is 25.7. The molecule has 4 nitrogen and oxygen atoms in total. The highest BCUT2D eigenvalue weighted by atomic mass is 16.4. The first-order valence-electron chi connectivity index (χ1n) is 8.27. The Morgan fingerprint density at radius 3 is 2.59 bits per heavy atom. The highest BCUT2D eigenvalue weighted by Crippen LogP contribution is 2.31. The number of rotatable bonds is 3. The van der Waals surface area contributed by atoms with Crippen LogP contribution in [0.25, 0.3) is 0 Å². The molecule has 1 aromatic rings. The lowest BCUT2D eigenvalue weighted by Crippen LogP contribution is -2.41. The molecule has 1 saturated heterocycles. The van der Waals surface area contributed by atoms with Crippen LogP contribution in [-0.2, 0) is 4.79 Å².